The van der Waals surface area contributed by atoms with Gasteiger partial charge in [-0.25, -0.2) is 0 Å². The molecule has 13 heavy (non-hydrogen) atoms. The molecule has 1 radical (unpaired) electrons. The molecule has 0 saturated carbocycles. The van der Waals surface area contributed by atoms with E-state index in [1.807, 2.05) is 30.3 Å². The highest BCUT2D eigenvalue weighted by Crippen LogP contribution is 2.13. The van der Waals surface area contributed by atoms with Crippen molar-refractivity contribution in [1.29, 1.82) is 0 Å². The minimum Gasteiger partial charge on any atom is -0.326 e. The molecule has 4 heteroatoms. The Labute approximate surface area is 94.0 Å². The van der Waals surface area contributed by atoms with Gasteiger partial charge in [0.15, 0.2) is 0 Å². The van der Waals surface area contributed by atoms with E-state index in [1.165, 1.54) is 6.42 Å². The zero-order valence-corrected chi connectivity index (χ0v) is 9.88. The van der Waals surface area contributed by atoms with Gasteiger partial charge in [-0.15, -0.1) is 0 Å². The molecule has 69 valence electrons. The molecular formula is C9H8Br2NO. The molecule has 0 fully saturated rings. The molecule has 0 aliphatic carbocycles. The van der Waals surface area contributed by atoms with Crippen LogP contribution in [0.3, 0.4) is 0 Å². The van der Waals surface area contributed by atoms with Crippen LogP contribution in [0.15, 0.2) is 30.3 Å². The maximum absolute atomic E-state index is 11.2. The van der Waals surface area contributed by atoms with Crippen molar-refractivity contribution in [3.8, 4) is 0 Å². The minimum atomic E-state index is -0.134. The van der Waals surface area contributed by atoms with Gasteiger partial charge < -0.3 is 5.32 Å². The second-order valence-electron chi connectivity index (χ2n) is 2.36. The van der Waals surface area contributed by atoms with Crippen molar-refractivity contribution in [1.82, 2.24) is 0 Å². The fourth-order valence-electron chi connectivity index (χ4n) is 0.820. The van der Waals surface area contributed by atoms with Gasteiger partial charge >= 0.3 is 0 Å². The van der Waals surface area contributed by atoms with E-state index < -0.39 is 0 Å². The number of amides is 1. The summed E-state index contributed by atoms with van der Waals surface area (Å²) in [5.74, 6) is -0.134. The van der Waals surface area contributed by atoms with Gasteiger partial charge in [0.25, 0.3) is 0 Å². The first-order valence-corrected chi connectivity index (χ1v) is 5.50. The van der Waals surface area contributed by atoms with Gasteiger partial charge in [-0.05, 0) is 12.1 Å². The SMILES string of the molecule is O=C([CH]C(Br)Br)Nc1ccccc1. The lowest BCUT2D eigenvalue weighted by Crippen LogP contribution is -2.14. The quantitative estimate of drug-likeness (QED) is 0.855. The van der Waals surface area contributed by atoms with Gasteiger partial charge in [-0.2, -0.15) is 0 Å². The van der Waals surface area contributed by atoms with Gasteiger partial charge in [-0.1, -0.05) is 50.1 Å². The number of benzene rings is 1. The Kier molecular flexibility index (Phi) is 4.45. The average Bonchev–Trinajstić information content (AvgIpc) is 2.04. The number of para-hydroxylation sites is 1. The molecule has 1 amide bonds. The number of nitrogens with one attached hydrogen (secondary N) is 1. The van der Waals surface area contributed by atoms with E-state index in [2.05, 4.69) is 37.2 Å². The number of rotatable bonds is 3. The van der Waals surface area contributed by atoms with Crippen molar-refractivity contribution in [2.45, 2.75) is 3.74 Å². The number of halogens is 2. The fourth-order valence-corrected chi connectivity index (χ4v) is 1.30. The molecule has 0 spiro atoms. The third kappa shape index (κ3) is 4.43. The summed E-state index contributed by atoms with van der Waals surface area (Å²) in [4.78, 5) is 11.2. The maximum atomic E-state index is 11.2. The Morgan fingerprint density at radius 3 is 2.46 bits per heavy atom. The molecule has 0 aliphatic heterocycles. The van der Waals surface area contributed by atoms with Crippen LogP contribution in [-0.4, -0.2) is 9.64 Å². The van der Waals surface area contributed by atoms with Crippen molar-refractivity contribution in [2.24, 2.45) is 0 Å². The third-order valence-electron chi connectivity index (χ3n) is 1.32. The lowest BCUT2D eigenvalue weighted by atomic mass is 10.3. The molecule has 0 aromatic heterocycles. The van der Waals surface area contributed by atoms with Crippen LogP contribution in [0.5, 0.6) is 0 Å². The smallest absolute Gasteiger partial charge is 0.230 e. The van der Waals surface area contributed by atoms with Crippen molar-refractivity contribution in [3.05, 3.63) is 36.8 Å². The minimum absolute atomic E-state index is 0.0938. The highest BCUT2D eigenvalue weighted by molar-refractivity contribution is 9.24. The van der Waals surface area contributed by atoms with E-state index in [0.29, 0.717) is 0 Å². The van der Waals surface area contributed by atoms with Gasteiger partial charge in [0.2, 0.25) is 5.91 Å². The standard InChI is InChI=1S/C9H8Br2NO/c10-8(11)6-9(13)12-7-4-2-1-3-5-7/h1-6,8H,(H,12,13). The third-order valence-corrected chi connectivity index (χ3v) is 1.85. The van der Waals surface area contributed by atoms with Crippen LogP contribution in [-0.2, 0) is 4.79 Å². The molecule has 0 heterocycles. The summed E-state index contributed by atoms with van der Waals surface area (Å²) < 4.78 is -0.0938. The summed E-state index contributed by atoms with van der Waals surface area (Å²) >= 11 is 6.38. The lowest BCUT2D eigenvalue weighted by molar-refractivity contribution is -0.113. The normalized spacial score (nSPS) is 10.1. The summed E-state index contributed by atoms with van der Waals surface area (Å²) in [5, 5.41) is 2.72. The molecule has 1 N–H and O–H groups in total. The first kappa shape index (κ1) is 10.7. The highest BCUT2D eigenvalue weighted by atomic mass is 79.9. The number of carbonyl (C=O) groups excluding carboxylic acids is 1. The van der Waals surface area contributed by atoms with Crippen LogP contribution < -0.4 is 5.32 Å². The Hall–Kier alpha value is -0.350. The van der Waals surface area contributed by atoms with Crippen molar-refractivity contribution >= 4 is 43.5 Å². The van der Waals surface area contributed by atoms with E-state index in [9.17, 15) is 4.79 Å². The van der Waals surface area contributed by atoms with Crippen LogP contribution in [0.2, 0.25) is 0 Å². The van der Waals surface area contributed by atoms with Crippen molar-refractivity contribution in [3.63, 3.8) is 0 Å². The molecule has 2 nitrogen and oxygen atoms in total. The number of hydrogen-bond donors (Lipinski definition) is 1. The van der Waals surface area contributed by atoms with Gasteiger partial charge in [-0.3, -0.25) is 4.79 Å². The highest BCUT2D eigenvalue weighted by Gasteiger charge is 2.07. The van der Waals surface area contributed by atoms with Crippen LogP contribution in [0.25, 0.3) is 0 Å². The van der Waals surface area contributed by atoms with Crippen LogP contribution in [0.4, 0.5) is 5.69 Å². The van der Waals surface area contributed by atoms with Crippen LogP contribution >= 0.6 is 31.9 Å². The average molecular weight is 306 g/mol. The number of hydrogen-bond acceptors (Lipinski definition) is 1. The Morgan fingerprint density at radius 2 is 1.92 bits per heavy atom. The summed E-state index contributed by atoms with van der Waals surface area (Å²) in [6.07, 6.45) is 1.49. The van der Waals surface area contributed by atoms with Gasteiger partial charge in [0, 0.05) is 5.69 Å². The van der Waals surface area contributed by atoms with Crippen molar-refractivity contribution in [2.75, 3.05) is 5.32 Å². The zero-order chi connectivity index (χ0) is 9.68. The predicted molar refractivity (Wildman–Crippen MR) is 61.0 cm³/mol. The summed E-state index contributed by atoms with van der Waals surface area (Å²) in [6.45, 7) is 0. The Balaban J connectivity index is 2.46. The van der Waals surface area contributed by atoms with E-state index in [4.69, 9.17) is 0 Å². The van der Waals surface area contributed by atoms with E-state index >= 15 is 0 Å². The largest absolute Gasteiger partial charge is 0.326 e. The van der Waals surface area contributed by atoms with Crippen molar-refractivity contribution < 1.29 is 4.79 Å². The monoisotopic (exact) mass is 304 g/mol. The maximum Gasteiger partial charge on any atom is 0.230 e. The Morgan fingerprint density at radius 1 is 1.31 bits per heavy atom. The topological polar surface area (TPSA) is 29.1 Å². The molecule has 1 aromatic rings. The van der Waals surface area contributed by atoms with E-state index in [0.717, 1.165) is 5.69 Å². The molecule has 1 rings (SSSR count). The summed E-state index contributed by atoms with van der Waals surface area (Å²) in [5.41, 5.74) is 0.796. The number of carbonyl (C=O) groups is 1. The first-order chi connectivity index (χ1) is 6.18. The summed E-state index contributed by atoms with van der Waals surface area (Å²) in [6, 6.07) is 9.31. The molecule has 1 aromatic carbocycles. The van der Waals surface area contributed by atoms with Gasteiger partial charge in [0.1, 0.15) is 0 Å². The van der Waals surface area contributed by atoms with Gasteiger partial charge in [0.05, 0.1) is 10.2 Å². The summed E-state index contributed by atoms with van der Waals surface area (Å²) in [7, 11) is 0. The zero-order valence-electron chi connectivity index (χ0n) is 6.71. The van der Waals surface area contributed by atoms with E-state index in [1.54, 1.807) is 0 Å². The van der Waals surface area contributed by atoms with Crippen LogP contribution in [0.1, 0.15) is 0 Å². The fraction of sp³-hybridized carbons (Fsp3) is 0.111. The second kappa shape index (κ2) is 5.40. The molecule has 0 saturated heterocycles. The van der Waals surface area contributed by atoms with E-state index in [-0.39, 0.29) is 9.64 Å². The number of anilines is 1. The molecular weight excluding hydrogens is 298 g/mol. The van der Waals surface area contributed by atoms with Crippen LogP contribution in [0, 0.1) is 6.42 Å². The lowest BCUT2D eigenvalue weighted by Gasteiger charge is -2.04. The molecule has 0 bridgehead atoms. The number of alkyl halides is 2. The molecule has 0 unspecified atom stereocenters. The first-order valence-electron chi connectivity index (χ1n) is 3.67. The Bertz CT molecular complexity index is 274. The second-order valence-corrected chi connectivity index (χ2v) is 5.56. The molecule has 0 aliphatic rings. The molecule has 0 atom stereocenters. The predicted octanol–water partition coefficient (Wildman–Crippen LogP) is 2.95.